The lowest BCUT2D eigenvalue weighted by Gasteiger charge is -2.49. The lowest BCUT2D eigenvalue weighted by atomic mass is 9.81. The minimum Gasteiger partial charge on any atom is -0.444 e. The minimum absolute atomic E-state index is 0.0137. The number of aromatic amines is 1. The van der Waals surface area contributed by atoms with Crippen LogP contribution in [0.4, 0.5) is 22.4 Å². The van der Waals surface area contributed by atoms with Crippen molar-refractivity contribution >= 4 is 51.1 Å². The summed E-state index contributed by atoms with van der Waals surface area (Å²) in [6.45, 7) is 7.42. The fourth-order valence-electron chi connectivity index (χ4n) is 5.40. The third kappa shape index (κ3) is 5.85. The zero-order chi connectivity index (χ0) is 27.0. The number of rotatable bonds is 6. The van der Waals surface area contributed by atoms with Crippen LogP contribution in [0.1, 0.15) is 58.6 Å². The average molecular weight is 541 g/mol. The Kier molecular flexibility index (Phi) is 7.17. The number of aryl methyl sites for hydroxylation is 1. The Labute approximate surface area is 226 Å². The van der Waals surface area contributed by atoms with Gasteiger partial charge in [-0.15, -0.1) is 11.3 Å². The number of H-pyrrole nitrogens is 1. The molecule has 5 heterocycles. The number of nitrogens with zero attached hydrogens (tertiary/aromatic N) is 5. The van der Waals surface area contributed by atoms with Gasteiger partial charge in [-0.25, -0.2) is 9.78 Å². The Balaban J connectivity index is 1.27. The molecule has 3 atom stereocenters. The quantitative estimate of drug-likeness (QED) is 0.412. The van der Waals surface area contributed by atoms with Crippen molar-refractivity contribution < 1.29 is 14.3 Å². The first kappa shape index (κ1) is 26.2. The van der Waals surface area contributed by atoms with Crippen molar-refractivity contribution in [3.8, 4) is 0 Å². The van der Waals surface area contributed by atoms with E-state index in [0.717, 1.165) is 48.0 Å². The van der Waals surface area contributed by atoms with Crippen LogP contribution in [-0.2, 0) is 9.53 Å². The highest BCUT2D eigenvalue weighted by Crippen LogP contribution is 2.36. The first-order chi connectivity index (χ1) is 18.1. The zero-order valence-corrected chi connectivity index (χ0v) is 23.4. The predicted octanol–water partition coefficient (Wildman–Crippen LogP) is 4.66. The van der Waals surface area contributed by atoms with Crippen molar-refractivity contribution in [2.24, 2.45) is 0 Å². The monoisotopic (exact) mass is 540 g/mol. The number of hydrogen-bond donors (Lipinski definition) is 3. The molecule has 0 unspecified atom stereocenters. The van der Waals surface area contributed by atoms with Gasteiger partial charge in [0.15, 0.2) is 5.82 Å². The molecule has 3 aromatic heterocycles. The van der Waals surface area contributed by atoms with Crippen LogP contribution in [0.15, 0.2) is 17.5 Å². The maximum atomic E-state index is 13.3. The summed E-state index contributed by atoms with van der Waals surface area (Å²) in [5.41, 5.74) is 0.363. The molecule has 2 aliphatic heterocycles. The smallest absolute Gasteiger partial charge is 0.410 e. The highest BCUT2D eigenvalue weighted by molar-refractivity contribution is 7.16. The second-order valence-corrected chi connectivity index (χ2v) is 12.2. The minimum atomic E-state index is -0.602. The summed E-state index contributed by atoms with van der Waals surface area (Å²) in [4.78, 5) is 39.5. The van der Waals surface area contributed by atoms with Gasteiger partial charge >= 0.3 is 6.09 Å². The number of anilines is 3. The lowest BCUT2D eigenvalue weighted by molar-refractivity contribution is -0.141. The molecule has 0 radical (unpaired) electrons. The number of piperidine rings is 2. The average Bonchev–Trinajstić information content (AvgIpc) is 3.46. The van der Waals surface area contributed by atoms with E-state index in [0.29, 0.717) is 17.6 Å². The van der Waals surface area contributed by atoms with Gasteiger partial charge in [0.1, 0.15) is 22.8 Å². The molecule has 0 saturated carbocycles. The predicted molar refractivity (Wildman–Crippen MR) is 148 cm³/mol. The number of thiophene rings is 1. The number of carbonyl (C=O) groups is 2. The van der Waals surface area contributed by atoms with Crippen LogP contribution in [0.2, 0.25) is 0 Å². The fourth-order valence-corrected chi connectivity index (χ4v) is 6.16. The highest BCUT2D eigenvalue weighted by atomic mass is 32.1. The molecule has 2 amide bonds. The number of nitrogens with one attached hydrogen (secondary N) is 3. The molecule has 12 heteroatoms. The number of fused-ring (bicyclic) bond motifs is 3. The molecule has 11 nitrogen and oxygen atoms in total. The van der Waals surface area contributed by atoms with Gasteiger partial charge < -0.3 is 25.2 Å². The van der Waals surface area contributed by atoms with E-state index >= 15 is 0 Å². The second kappa shape index (κ2) is 10.4. The molecule has 0 aliphatic carbocycles. The number of amides is 2. The Morgan fingerprint density at radius 2 is 1.97 bits per heavy atom. The molecule has 0 aromatic carbocycles. The van der Waals surface area contributed by atoms with Crippen LogP contribution in [0.25, 0.3) is 10.2 Å². The largest absolute Gasteiger partial charge is 0.444 e. The number of ether oxygens (including phenoxy) is 1. The SMILES string of the molecule is Cc1cc(Nc2nc(N[C@@H]3C[C@H]4CCC[C@@H](C3)N4C(=O)CN(C)C(=O)OC(C)(C)C)nc3sccc23)n[nH]1. The first-order valence-corrected chi connectivity index (χ1v) is 14.0. The van der Waals surface area contributed by atoms with Crippen LogP contribution in [-0.4, -0.2) is 79.3 Å². The standard InChI is InChI=1S/C26H36N8O3S/c1-15-11-20(32-31-15)28-22-19-9-10-38-23(19)30-24(29-22)27-16-12-17-7-6-8-18(13-16)34(17)21(35)14-33(5)25(36)37-26(2,3)4/h9-11,16-18H,6-8,12-14H2,1-5H3,(H3,27,28,29,30,31,32)/t16-,17-,18+. The molecule has 2 fully saturated rings. The van der Waals surface area contributed by atoms with Crippen LogP contribution in [0.5, 0.6) is 0 Å². The van der Waals surface area contributed by atoms with E-state index in [1.165, 1.54) is 4.90 Å². The summed E-state index contributed by atoms with van der Waals surface area (Å²) in [6.07, 6.45) is 4.14. The Morgan fingerprint density at radius 1 is 1.24 bits per heavy atom. The molecule has 204 valence electrons. The third-order valence-corrected chi connectivity index (χ3v) is 7.76. The number of hydrogen-bond acceptors (Lipinski definition) is 9. The molecule has 5 rings (SSSR count). The number of likely N-dealkylation sites (N-methyl/N-ethyl adjacent to an activating group) is 1. The third-order valence-electron chi connectivity index (χ3n) is 6.95. The van der Waals surface area contributed by atoms with E-state index in [4.69, 9.17) is 14.7 Å². The maximum absolute atomic E-state index is 13.3. The molecule has 2 saturated heterocycles. The van der Waals surface area contributed by atoms with Crippen molar-refractivity contribution in [1.82, 2.24) is 30.0 Å². The van der Waals surface area contributed by atoms with Gasteiger partial charge in [0.05, 0.1) is 5.39 Å². The van der Waals surface area contributed by atoms with Gasteiger partial charge in [0, 0.05) is 36.9 Å². The Morgan fingerprint density at radius 3 is 2.63 bits per heavy atom. The highest BCUT2D eigenvalue weighted by Gasteiger charge is 2.41. The van der Waals surface area contributed by atoms with Gasteiger partial charge in [0.2, 0.25) is 11.9 Å². The molecule has 2 bridgehead atoms. The maximum Gasteiger partial charge on any atom is 0.410 e. The van der Waals surface area contributed by atoms with Gasteiger partial charge in [-0.2, -0.15) is 10.1 Å². The molecule has 3 N–H and O–H groups in total. The van der Waals surface area contributed by atoms with Crippen molar-refractivity contribution in [2.75, 3.05) is 24.2 Å². The summed E-state index contributed by atoms with van der Waals surface area (Å²) >= 11 is 1.57. The van der Waals surface area contributed by atoms with Gasteiger partial charge in [-0.3, -0.25) is 9.89 Å². The summed E-state index contributed by atoms with van der Waals surface area (Å²) in [6, 6.07) is 4.33. The van der Waals surface area contributed by atoms with E-state index in [1.54, 1.807) is 18.4 Å². The first-order valence-electron chi connectivity index (χ1n) is 13.1. The van der Waals surface area contributed by atoms with E-state index in [-0.39, 0.29) is 30.6 Å². The number of aromatic nitrogens is 4. The van der Waals surface area contributed by atoms with Crippen molar-refractivity contribution in [2.45, 2.75) is 83.5 Å². The normalized spacial score (nSPS) is 21.3. The Hall–Kier alpha value is -3.41. The van der Waals surface area contributed by atoms with Crippen LogP contribution < -0.4 is 10.6 Å². The molecule has 38 heavy (non-hydrogen) atoms. The topological polar surface area (TPSA) is 128 Å². The molecule has 2 aliphatic rings. The van der Waals surface area contributed by atoms with Crippen LogP contribution in [0.3, 0.4) is 0 Å². The van der Waals surface area contributed by atoms with E-state index < -0.39 is 11.7 Å². The van der Waals surface area contributed by atoms with Crippen LogP contribution in [0, 0.1) is 6.92 Å². The Bertz CT molecular complexity index is 1300. The lowest BCUT2D eigenvalue weighted by Crippen LogP contribution is -2.59. The van der Waals surface area contributed by atoms with Gasteiger partial charge in [-0.05, 0) is 71.2 Å². The van der Waals surface area contributed by atoms with E-state index in [9.17, 15) is 9.59 Å². The zero-order valence-electron chi connectivity index (χ0n) is 22.6. The summed E-state index contributed by atoms with van der Waals surface area (Å²) in [5, 5.41) is 17.1. The molecular formula is C26H36N8O3S. The summed E-state index contributed by atoms with van der Waals surface area (Å²) in [5.74, 6) is 1.96. The van der Waals surface area contributed by atoms with Crippen LogP contribution >= 0.6 is 11.3 Å². The van der Waals surface area contributed by atoms with Crippen molar-refractivity contribution in [3.63, 3.8) is 0 Å². The van der Waals surface area contributed by atoms with E-state index in [2.05, 4.69) is 20.8 Å². The van der Waals surface area contributed by atoms with Crippen molar-refractivity contribution in [1.29, 1.82) is 0 Å². The second-order valence-electron chi connectivity index (χ2n) is 11.3. The van der Waals surface area contributed by atoms with Crippen molar-refractivity contribution in [3.05, 3.63) is 23.2 Å². The van der Waals surface area contributed by atoms with E-state index in [1.807, 2.05) is 50.1 Å². The molecular weight excluding hydrogens is 504 g/mol. The summed E-state index contributed by atoms with van der Waals surface area (Å²) < 4.78 is 5.42. The molecule has 0 spiro atoms. The fraction of sp³-hybridized carbons (Fsp3) is 0.577. The van der Waals surface area contributed by atoms with Gasteiger partial charge in [-0.1, -0.05) is 0 Å². The van der Waals surface area contributed by atoms with Gasteiger partial charge in [0.25, 0.3) is 0 Å². The summed E-state index contributed by atoms with van der Waals surface area (Å²) in [7, 11) is 1.62. The number of carbonyl (C=O) groups excluding carboxylic acids is 2. The molecule has 3 aromatic rings.